The van der Waals surface area contributed by atoms with Gasteiger partial charge in [-0.25, -0.2) is 9.78 Å². The van der Waals surface area contributed by atoms with Crippen LogP contribution in [0.5, 0.6) is 5.88 Å². The summed E-state index contributed by atoms with van der Waals surface area (Å²) in [5.74, 6) is 0.577. The third kappa shape index (κ3) is 5.76. The van der Waals surface area contributed by atoms with E-state index < -0.39 is 17.8 Å². The van der Waals surface area contributed by atoms with Gasteiger partial charge in [-0.1, -0.05) is 31.5 Å². The van der Waals surface area contributed by atoms with Gasteiger partial charge in [0.1, 0.15) is 0 Å². The second-order valence-corrected chi connectivity index (χ2v) is 8.38. The maximum atomic E-state index is 13.2. The second-order valence-electron chi connectivity index (χ2n) is 7.08. The van der Waals surface area contributed by atoms with Crippen molar-refractivity contribution in [1.82, 2.24) is 9.55 Å². The Morgan fingerprint density at radius 2 is 2.07 bits per heavy atom. The highest BCUT2D eigenvalue weighted by molar-refractivity contribution is 7.13. The highest BCUT2D eigenvalue weighted by atomic mass is 35.5. The maximum absolute atomic E-state index is 13.2. The fourth-order valence-corrected chi connectivity index (χ4v) is 3.65. The number of amides is 1. The molecule has 30 heavy (non-hydrogen) atoms. The molecule has 0 aliphatic heterocycles. The van der Waals surface area contributed by atoms with E-state index in [0.29, 0.717) is 16.6 Å². The Hall–Kier alpha value is -2.52. The molecule has 160 valence electrons. The van der Waals surface area contributed by atoms with Crippen LogP contribution in [0.4, 0.5) is 23.1 Å². The molecule has 2 aromatic heterocycles. The van der Waals surface area contributed by atoms with Gasteiger partial charge in [-0.3, -0.25) is 5.32 Å². The van der Waals surface area contributed by atoms with Crippen molar-refractivity contribution < 1.29 is 22.7 Å². The van der Waals surface area contributed by atoms with Crippen LogP contribution < -0.4 is 10.1 Å². The Morgan fingerprint density at radius 1 is 1.30 bits per heavy atom. The number of alkyl halides is 3. The van der Waals surface area contributed by atoms with Gasteiger partial charge in [0.25, 0.3) is 0 Å². The first kappa shape index (κ1) is 22.2. The molecule has 0 unspecified atom stereocenters. The summed E-state index contributed by atoms with van der Waals surface area (Å²) in [6, 6.07) is 5.44. The number of nitrogens with one attached hydrogen (secondary N) is 1. The Labute approximate surface area is 180 Å². The van der Waals surface area contributed by atoms with E-state index in [-0.39, 0.29) is 17.4 Å². The number of nitrogens with zero attached hydrogens (tertiary/aromatic N) is 2. The van der Waals surface area contributed by atoms with Crippen LogP contribution in [0.25, 0.3) is 0 Å². The highest BCUT2D eigenvalue weighted by Gasteiger charge is 2.33. The lowest BCUT2D eigenvalue weighted by Gasteiger charge is -2.13. The third-order valence-corrected chi connectivity index (χ3v) is 5.10. The lowest BCUT2D eigenvalue weighted by atomic mass is 10.1. The summed E-state index contributed by atoms with van der Waals surface area (Å²) in [5.41, 5.74) is 0.385. The van der Waals surface area contributed by atoms with Crippen LogP contribution in [0.3, 0.4) is 0 Å². The molecule has 0 saturated carbocycles. The molecule has 2 heterocycles. The Balaban J connectivity index is 1.85. The molecule has 0 atom stereocenters. The number of ether oxygens (including phenoxy) is 1. The summed E-state index contributed by atoms with van der Waals surface area (Å²) >= 11 is 6.94. The number of carbonyl (C=O) groups is 1. The first-order valence-electron chi connectivity index (χ1n) is 9.05. The van der Waals surface area contributed by atoms with Crippen molar-refractivity contribution in [3.05, 3.63) is 63.8 Å². The minimum Gasteiger partial charge on any atom is -0.393 e. The van der Waals surface area contributed by atoms with E-state index in [9.17, 15) is 18.0 Å². The Kier molecular flexibility index (Phi) is 6.72. The number of benzene rings is 1. The molecular formula is C20H19ClF3N3O2S. The number of aromatic nitrogens is 2. The molecule has 0 radical (unpaired) electrons. The number of hydrogen-bond donors (Lipinski definition) is 1. The van der Waals surface area contributed by atoms with Gasteiger partial charge in [-0.2, -0.15) is 13.2 Å². The maximum Gasteiger partial charge on any atom is 0.420 e. The molecule has 3 rings (SSSR count). The van der Waals surface area contributed by atoms with Crippen LogP contribution >= 0.6 is 22.9 Å². The summed E-state index contributed by atoms with van der Waals surface area (Å²) in [6.07, 6.45) is -1.24. The van der Waals surface area contributed by atoms with Gasteiger partial charge < -0.3 is 9.30 Å². The summed E-state index contributed by atoms with van der Waals surface area (Å²) < 4.78 is 46.5. The molecule has 1 aromatic carbocycles. The van der Waals surface area contributed by atoms with Gasteiger partial charge in [0, 0.05) is 23.8 Å². The first-order chi connectivity index (χ1) is 14.1. The van der Waals surface area contributed by atoms with Crippen LogP contribution in [0, 0.1) is 5.92 Å². The first-order valence-corrected chi connectivity index (χ1v) is 10.3. The Morgan fingerprint density at radius 3 is 2.70 bits per heavy atom. The van der Waals surface area contributed by atoms with Gasteiger partial charge in [0.15, 0.2) is 5.13 Å². The number of thiazole rings is 1. The average molecular weight is 458 g/mol. The summed E-state index contributed by atoms with van der Waals surface area (Å²) in [6.45, 7) is 4.17. The number of anilines is 1. The smallest absolute Gasteiger partial charge is 0.393 e. The second kappa shape index (κ2) is 9.09. The number of rotatable bonds is 6. The van der Waals surface area contributed by atoms with Crippen molar-refractivity contribution in [3.8, 4) is 5.88 Å². The Bertz CT molecular complexity index is 1020. The molecule has 1 amide bonds. The topological polar surface area (TPSA) is 56.1 Å². The molecule has 0 spiro atoms. The average Bonchev–Trinajstić information content (AvgIpc) is 3.25. The van der Waals surface area contributed by atoms with Gasteiger partial charge >= 0.3 is 12.3 Å². The van der Waals surface area contributed by atoms with Gasteiger partial charge in [-0.15, -0.1) is 11.3 Å². The summed E-state index contributed by atoms with van der Waals surface area (Å²) in [5, 5.41) is 4.24. The lowest BCUT2D eigenvalue weighted by molar-refractivity contribution is -0.137. The fraction of sp³-hybridized carbons (Fsp3) is 0.300. The van der Waals surface area contributed by atoms with E-state index in [0.717, 1.165) is 18.1 Å². The van der Waals surface area contributed by atoms with Crippen molar-refractivity contribution in [2.75, 3.05) is 5.32 Å². The molecule has 5 nitrogen and oxygen atoms in total. The molecule has 0 fully saturated rings. The van der Waals surface area contributed by atoms with Gasteiger partial charge in [-0.05, 0) is 35.6 Å². The predicted octanol–water partition coefficient (Wildman–Crippen LogP) is 6.47. The van der Waals surface area contributed by atoms with Crippen molar-refractivity contribution in [2.24, 2.45) is 5.92 Å². The van der Waals surface area contributed by atoms with Crippen molar-refractivity contribution in [2.45, 2.75) is 33.0 Å². The summed E-state index contributed by atoms with van der Waals surface area (Å²) in [7, 11) is 0. The number of carbonyl (C=O) groups excluding carboxylic acids is 1. The van der Waals surface area contributed by atoms with Crippen LogP contribution in [0.1, 0.15) is 30.5 Å². The molecular weight excluding hydrogens is 439 g/mol. The van der Waals surface area contributed by atoms with Crippen molar-refractivity contribution in [3.63, 3.8) is 0 Å². The minimum atomic E-state index is -4.56. The van der Waals surface area contributed by atoms with E-state index in [4.69, 9.17) is 16.3 Å². The third-order valence-electron chi connectivity index (χ3n) is 4.09. The zero-order chi connectivity index (χ0) is 21.9. The van der Waals surface area contributed by atoms with Crippen LogP contribution in [-0.4, -0.2) is 15.6 Å². The summed E-state index contributed by atoms with van der Waals surface area (Å²) in [4.78, 5) is 16.2. The van der Waals surface area contributed by atoms with Crippen molar-refractivity contribution >= 4 is 34.2 Å². The molecule has 3 aromatic rings. The van der Waals surface area contributed by atoms with E-state index >= 15 is 0 Å². The normalized spacial score (nSPS) is 11.7. The van der Waals surface area contributed by atoms with E-state index in [2.05, 4.69) is 10.3 Å². The zero-order valence-corrected chi connectivity index (χ0v) is 17.7. The molecule has 0 bridgehead atoms. The van der Waals surface area contributed by atoms with Crippen LogP contribution in [0.2, 0.25) is 5.02 Å². The van der Waals surface area contributed by atoms with Crippen molar-refractivity contribution in [1.29, 1.82) is 0 Å². The zero-order valence-electron chi connectivity index (χ0n) is 16.2. The van der Waals surface area contributed by atoms with E-state index in [1.807, 2.05) is 13.8 Å². The molecule has 1 N–H and O–H groups in total. The molecule has 0 saturated heterocycles. The van der Waals surface area contributed by atoms with Crippen LogP contribution in [0.15, 0.2) is 42.0 Å². The highest BCUT2D eigenvalue weighted by Crippen LogP contribution is 2.35. The van der Waals surface area contributed by atoms with E-state index in [1.54, 1.807) is 28.4 Å². The molecule has 0 aliphatic rings. The minimum absolute atomic E-state index is 0.0816. The molecule has 10 heteroatoms. The van der Waals surface area contributed by atoms with E-state index in [1.165, 1.54) is 23.5 Å². The standard InChI is InChI=1S/C20H19ClF3N3O2S/c1-12(2)7-14-9-17(29-19(28)26-18-25-5-6-30-18)27(11-14)10-13-3-4-16(21)15(8-13)20(22,23)24/h3-6,8-9,11-12H,7,10H2,1-2H3,(H,25,26,28). The lowest BCUT2D eigenvalue weighted by Crippen LogP contribution is -2.18. The number of hydrogen-bond acceptors (Lipinski definition) is 4. The number of halogens is 4. The predicted molar refractivity (Wildman–Crippen MR) is 110 cm³/mol. The fourth-order valence-electron chi connectivity index (χ4n) is 2.91. The van der Waals surface area contributed by atoms with Crippen LogP contribution in [-0.2, 0) is 19.1 Å². The largest absolute Gasteiger partial charge is 0.420 e. The van der Waals surface area contributed by atoms with Gasteiger partial charge in [0.2, 0.25) is 5.88 Å². The quantitative estimate of drug-likeness (QED) is 0.461. The molecule has 0 aliphatic carbocycles. The monoisotopic (exact) mass is 457 g/mol. The SMILES string of the molecule is CC(C)Cc1cc(OC(=O)Nc2nccs2)n(Cc2ccc(Cl)c(C(F)(F)F)c2)c1. The van der Waals surface area contributed by atoms with Gasteiger partial charge in [0.05, 0.1) is 17.1 Å².